The summed E-state index contributed by atoms with van der Waals surface area (Å²) in [7, 11) is 0. The van der Waals surface area contributed by atoms with Crippen molar-refractivity contribution in [3.63, 3.8) is 0 Å². The van der Waals surface area contributed by atoms with Gasteiger partial charge < -0.3 is 20.9 Å². The van der Waals surface area contributed by atoms with E-state index in [0.717, 1.165) is 12.8 Å². The molecular weight excluding hydrogens is 400 g/mol. The minimum atomic E-state index is -0.708. The molecule has 0 atom stereocenters. The van der Waals surface area contributed by atoms with E-state index >= 15 is 0 Å². The quantitative estimate of drug-likeness (QED) is 0.415. The molecule has 4 N–H and O–H groups in total. The van der Waals surface area contributed by atoms with Crippen LogP contribution in [-0.4, -0.2) is 51.0 Å². The lowest BCUT2D eigenvalue weighted by atomic mass is 9.98. The number of H-pyrrole nitrogens is 1. The molecule has 164 valence electrons. The normalized spacial score (nSPS) is 17.3. The van der Waals surface area contributed by atoms with Crippen LogP contribution < -0.4 is 21.6 Å². The predicted octanol–water partition coefficient (Wildman–Crippen LogP) is 1.85. The molecule has 1 saturated carbocycles. The van der Waals surface area contributed by atoms with Crippen molar-refractivity contribution in [3.8, 4) is 5.69 Å². The second-order valence-electron chi connectivity index (χ2n) is 8.00. The number of imidazole rings is 1. The number of urea groups is 2. The molecule has 10 nitrogen and oxygen atoms in total. The van der Waals surface area contributed by atoms with Crippen LogP contribution in [0.3, 0.4) is 0 Å². The summed E-state index contributed by atoms with van der Waals surface area (Å²) in [5.41, 5.74) is 0.763. The van der Waals surface area contributed by atoms with E-state index in [4.69, 9.17) is 0 Å². The molecule has 0 bridgehead atoms. The Hall–Kier alpha value is -3.56. The zero-order chi connectivity index (χ0) is 22.0. The molecule has 1 saturated heterocycles. The summed E-state index contributed by atoms with van der Waals surface area (Å²) in [4.78, 5) is 53.1. The number of benzene rings is 1. The number of hydrogen-bond acceptors (Lipinski definition) is 4. The van der Waals surface area contributed by atoms with Crippen molar-refractivity contribution in [2.45, 2.75) is 44.6 Å². The van der Waals surface area contributed by atoms with E-state index < -0.39 is 11.6 Å². The second-order valence-corrected chi connectivity index (χ2v) is 8.00. The Morgan fingerprint density at radius 3 is 2.61 bits per heavy atom. The first kappa shape index (κ1) is 20.7. The van der Waals surface area contributed by atoms with Gasteiger partial charge in [-0.15, -0.1) is 0 Å². The number of aromatic nitrogens is 2. The molecule has 1 aliphatic heterocycles. The van der Waals surface area contributed by atoms with E-state index in [9.17, 15) is 19.2 Å². The minimum Gasteiger partial charge on any atom is -0.338 e. The highest BCUT2D eigenvalue weighted by molar-refractivity contribution is 6.07. The number of aryl methyl sites for hydroxylation is 1. The number of amides is 5. The molecule has 10 heteroatoms. The van der Waals surface area contributed by atoms with Crippen LogP contribution in [0.4, 0.5) is 15.3 Å². The number of nitrogens with one attached hydrogen (secondary N) is 4. The van der Waals surface area contributed by atoms with Crippen molar-refractivity contribution in [1.82, 2.24) is 25.1 Å². The highest BCUT2D eigenvalue weighted by Gasteiger charge is 2.51. The number of imide groups is 1. The van der Waals surface area contributed by atoms with Gasteiger partial charge in [-0.05, 0) is 38.3 Å². The third-order valence-corrected chi connectivity index (χ3v) is 5.90. The zero-order valence-corrected chi connectivity index (χ0v) is 17.4. The van der Waals surface area contributed by atoms with Gasteiger partial charge in [-0.25, -0.2) is 14.4 Å². The number of hydrogen-bond donors (Lipinski definition) is 4. The molecule has 5 amide bonds. The monoisotopic (exact) mass is 426 g/mol. The Balaban J connectivity index is 1.31. The van der Waals surface area contributed by atoms with Crippen LogP contribution in [0.15, 0.2) is 35.3 Å². The maximum atomic E-state index is 12.6. The number of nitrogens with zero attached hydrogens (tertiary/aromatic N) is 2. The summed E-state index contributed by atoms with van der Waals surface area (Å²) in [6, 6.07) is 6.22. The Kier molecular flexibility index (Phi) is 5.53. The molecule has 4 rings (SSSR count). The van der Waals surface area contributed by atoms with Crippen LogP contribution in [-0.2, 0) is 4.79 Å². The summed E-state index contributed by atoms with van der Waals surface area (Å²) in [6.07, 6.45) is 5.32. The molecule has 1 aliphatic carbocycles. The fourth-order valence-corrected chi connectivity index (χ4v) is 4.33. The summed E-state index contributed by atoms with van der Waals surface area (Å²) in [5.74, 6) is -0.152. The van der Waals surface area contributed by atoms with Gasteiger partial charge in [0, 0.05) is 25.0 Å². The maximum Gasteiger partial charge on any atom is 0.330 e. The van der Waals surface area contributed by atoms with Gasteiger partial charge in [0.25, 0.3) is 5.91 Å². The molecule has 2 aromatic rings. The lowest BCUT2D eigenvalue weighted by molar-refractivity contribution is -0.131. The molecule has 0 unspecified atom stereocenters. The summed E-state index contributed by atoms with van der Waals surface area (Å²) in [6.45, 7) is 2.34. The van der Waals surface area contributed by atoms with Gasteiger partial charge in [-0.2, -0.15) is 0 Å². The highest BCUT2D eigenvalue weighted by Crippen LogP contribution is 2.35. The summed E-state index contributed by atoms with van der Waals surface area (Å²) >= 11 is 0. The Bertz CT molecular complexity index is 1070. The van der Waals surface area contributed by atoms with Gasteiger partial charge in [-0.3, -0.25) is 14.3 Å². The molecule has 1 aromatic heterocycles. The smallest absolute Gasteiger partial charge is 0.330 e. The van der Waals surface area contributed by atoms with Crippen molar-refractivity contribution in [2.75, 3.05) is 18.4 Å². The van der Waals surface area contributed by atoms with E-state index in [-0.39, 0.29) is 24.2 Å². The van der Waals surface area contributed by atoms with Crippen LogP contribution in [0, 0.1) is 6.92 Å². The van der Waals surface area contributed by atoms with Gasteiger partial charge in [-0.1, -0.05) is 25.0 Å². The molecule has 2 heterocycles. The fraction of sp³-hybridized carbons (Fsp3) is 0.429. The van der Waals surface area contributed by atoms with Crippen molar-refractivity contribution < 1.29 is 14.4 Å². The fourth-order valence-electron chi connectivity index (χ4n) is 4.33. The third-order valence-electron chi connectivity index (χ3n) is 5.90. The topological polar surface area (TPSA) is 128 Å². The highest BCUT2D eigenvalue weighted by atomic mass is 16.2. The average molecular weight is 426 g/mol. The first-order chi connectivity index (χ1) is 14.9. The SMILES string of the molecule is Cc1c[nH]c(=O)n1-c1ccccc1NC(=O)NCCCN1C(=O)NC2(CCCC2)C1=O. The van der Waals surface area contributed by atoms with Crippen LogP contribution in [0.25, 0.3) is 5.69 Å². The van der Waals surface area contributed by atoms with E-state index in [1.165, 1.54) is 9.47 Å². The molecule has 0 radical (unpaired) electrons. The van der Waals surface area contributed by atoms with E-state index in [0.29, 0.717) is 42.9 Å². The van der Waals surface area contributed by atoms with Crippen LogP contribution in [0.5, 0.6) is 0 Å². The lowest BCUT2D eigenvalue weighted by Crippen LogP contribution is -2.44. The van der Waals surface area contributed by atoms with Gasteiger partial charge in [0.1, 0.15) is 5.54 Å². The lowest BCUT2D eigenvalue weighted by Gasteiger charge is -2.20. The number of anilines is 1. The number of carbonyl (C=O) groups is 3. The molecule has 31 heavy (non-hydrogen) atoms. The van der Waals surface area contributed by atoms with E-state index in [1.54, 1.807) is 37.4 Å². The molecule has 1 aromatic carbocycles. The third kappa shape index (κ3) is 3.92. The molecule has 2 aliphatic rings. The molecule has 2 fully saturated rings. The minimum absolute atomic E-state index is 0.152. The van der Waals surface area contributed by atoms with Gasteiger partial charge in [0.2, 0.25) is 0 Å². The van der Waals surface area contributed by atoms with Gasteiger partial charge in [0.15, 0.2) is 0 Å². The zero-order valence-electron chi connectivity index (χ0n) is 17.4. The number of aromatic amines is 1. The van der Waals surface area contributed by atoms with Crippen molar-refractivity contribution in [3.05, 3.63) is 46.6 Å². The Morgan fingerprint density at radius 1 is 1.16 bits per heavy atom. The van der Waals surface area contributed by atoms with Crippen LogP contribution in [0.1, 0.15) is 37.8 Å². The summed E-state index contributed by atoms with van der Waals surface area (Å²) < 4.78 is 1.48. The first-order valence-corrected chi connectivity index (χ1v) is 10.5. The van der Waals surface area contributed by atoms with Crippen LogP contribution in [0.2, 0.25) is 0 Å². The van der Waals surface area contributed by atoms with E-state index in [1.807, 2.05) is 0 Å². The van der Waals surface area contributed by atoms with Crippen molar-refractivity contribution in [2.24, 2.45) is 0 Å². The predicted molar refractivity (Wildman–Crippen MR) is 114 cm³/mol. The van der Waals surface area contributed by atoms with Gasteiger partial charge in [0.05, 0.1) is 11.4 Å². The maximum absolute atomic E-state index is 12.6. The molecular formula is C21H26N6O4. The average Bonchev–Trinajstić information content (AvgIpc) is 3.41. The van der Waals surface area contributed by atoms with Crippen LogP contribution >= 0.6 is 0 Å². The molecule has 1 spiro atoms. The van der Waals surface area contributed by atoms with Crippen molar-refractivity contribution in [1.29, 1.82) is 0 Å². The first-order valence-electron chi connectivity index (χ1n) is 10.5. The number of rotatable bonds is 6. The second kappa shape index (κ2) is 8.29. The largest absolute Gasteiger partial charge is 0.338 e. The number of para-hydroxylation sites is 2. The van der Waals surface area contributed by atoms with Gasteiger partial charge >= 0.3 is 17.8 Å². The Morgan fingerprint density at radius 2 is 1.90 bits per heavy atom. The van der Waals surface area contributed by atoms with Crippen molar-refractivity contribution >= 4 is 23.7 Å². The number of carbonyl (C=O) groups excluding carboxylic acids is 3. The Labute approximate surface area is 179 Å². The van der Waals surface area contributed by atoms with E-state index in [2.05, 4.69) is 20.9 Å². The standard InChI is InChI=1S/C21H26N6O4/c1-14-13-23-19(30)27(14)16-8-3-2-7-15(16)24-18(29)22-11-6-12-26-17(28)21(25-20(26)31)9-4-5-10-21/h2-3,7-8,13H,4-6,9-12H2,1H3,(H,23,30)(H,25,31)(H2,22,24,29). The summed E-state index contributed by atoms with van der Waals surface area (Å²) in [5, 5.41) is 8.34.